The lowest BCUT2D eigenvalue weighted by Crippen LogP contribution is -2.49. The van der Waals surface area contributed by atoms with E-state index in [0.29, 0.717) is 76.1 Å². The molecule has 0 unspecified atom stereocenters. The van der Waals surface area contributed by atoms with Crippen LogP contribution >= 0.6 is 15.9 Å². The van der Waals surface area contributed by atoms with E-state index in [4.69, 9.17) is 25.2 Å². The van der Waals surface area contributed by atoms with E-state index in [2.05, 4.69) is 107 Å². The molecule has 3 aromatic carbocycles. The molecule has 15 rings (SSSR count). The molecule has 35 heteroatoms. The molecule has 120 heavy (non-hydrogen) atoms. The molecule has 3 aliphatic heterocycles. The van der Waals surface area contributed by atoms with E-state index in [1.165, 1.54) is 18.3 Å². The highest BCUT2D eigenvalue weighted by molar-refractivity contribution is 9.10. The summed E-state index contributed by atoms with van der Waals surface area (Å²) in [7, 11) is 4.81. The number of ether oxygens (including phenoxy) is 2. The average Bonchev–Trinajstić information content (AvgIpc) is 1.48. The van der Waals surface area contributed by atoms with Crippen molar-refractivity contribution in [3.63, 3.8) is 0 Å². The first-order valence-electron chi connectivity index (χ1n) is 39.8. The van der Waals surface area contributed by atoms with E-state index in [1.807, 2.05) is 140 Å². The SMILES string of the molecule is CC#CCn1c(Br)nc2c1c(=O)n(Cc1nc(C)c3ccccc3n1)c(=O)n2C.CC#CCn1c(N2CCC[C@@H](N)C2)nc2c1c(=O)n(Cc1nc(C)c3ccccc3n1)c(=O)n2C.CC#CCn1c(N2CCC[C@@H](NC(=O)OC(C)(C)C)C2)nc2c1c(=O)n(Cc1nc(C)c3ccccc3n1)c(=O)n2C.CC(C)(C)OC(=O)N[C@@H]1CCCNC1. The molecule has 5 N–H and O–H groups in total. The zero-order valence-electron chi connectivity index (χ0n) is 70.4. The normalized spacial score (nSPS) is 15.4. The number of nitrogens with two attached hydrogens (primary N) is 1. The molecule has 3 saturated heterocycles. The van der Waals surface area contributed by atoms with Crippen molar-refractivity contribution in [3.8, 4) is 35.5 Å². The van der Waals surface area contributed by atoms with Crippen LogP contribution in [0.4, 0.5) is 21.5 Å². The zero-order chi connectivity index (χ0) is 86.2. The van der Waals surface area contributed by atoms with Crippen molar-refractivity contribution in [1.82, 2.24) is 102 Å². The fraction of sp³-hybridized carbons (Fsp3) is 0.447. The molecular formula is C85H101BrN24O10. The number of hydrogen-bond donors (Lipinski definition) is 4. The van der Waals surface area contributed by atoms with Gasteiger partial charge in [-0.1, -0.05) is 72.4 Å². The summed E-state index contributed by atoms with van der Waals surface area (Å²) >= 11 is 3.36. The van der Waals surface area contributed by atoms with E-state index < -0.39 is 51.0 Å². The number of nitrogens with zero attached hydrogens (tertiary/aromatic N) is 20. The van der Waals surface area contributed by atoms with Crippen LogP contribution in [0.3, 0.4) is 0 Å². The molecule has 12 aromatic rings. The number of halogens is 1. The number of aryl methyl sites for hydroxylation is 6. The van der Waals surface area contributed by atoms with Gasteiger partial charge in [-0.25, -0.2) is 58.9 Å². The molecule has 2 amide bonds. The predicted octanol–water partition coefficient (Wildman–Crippen LogP) is 7.11. The molecule has 12 heterocycles. The van der Waals surface area contributed by atoms with Crippen LogP contribution in [0.2, 0.25) is 0 Å². The van der Waals surface area contributed by atoms with Crippen molar-refractivity contribution >= 4 is 106 Å². The number of para-hydroxylation sites is 3. The Balaban J connectivity index is 0.000000154. The van der Waals surface area contributed by atoms with Crippen molar-refractivity contribution in [1.29, 1.82) is 0 Å². The third-order valence-electron chi connectivity index (χ3n) is 20.5. The van der Waals surface area contributed by atoms with E-state index in [1.54, 1.807) is 55.6 Å². The van der Waals surface area contributed by atoms with Crippen LogP contribution in [-0.4, -0.2) is 167 Å². The van der Waals surface area contributed by atoms with E-state index in [0.717, 1.165) is 117 Å². The number of fused-ring (bicyclic) bond motifs is 6. The maximum atomic E-state index is 14.0. The third-order valence-corrected chi connectivity index (χ3v) is 21.1. The van der Waals surface area contributed by atoms with Crippen molar-refractivity contribution in [2.75, 3.05) is 49.1 Å². The van der Waals surface area contributed by atoms with Crippen molar-refractivity contribution in [3.05, 3.63) is 175 Å². The van der Waals surface area contributed by atoms with Gasteiger partial charge in [0.25, 0.3) is 16.7 Å². The van der Waals surface area contributed by atoms with Crippen LogP contribution in [0.15, 0.2) is 106 Å². The third kappa shape index (κ3) is 19.5. The number of rotatable bonds is 13. The molecule has 628 valence electrons. The fourth-order valence-corrected chi connectivity index (χ4v) is 15.3. The number of imidazole rings is 3. The summed E-state index contributed by atoms with van der Waals surface area (Å²) in [4.78, 5) is 150. The van der Waals surface area contributed by atoms with E-state index >= 15 is 0 Å². The summed E-state index contributed by atoms with van der Waals surface area (Å²) < 4.78 is 23.9. The standard InChI is InChI=1S/C30H36N8O4.C25H28N8O2.C20H17BrN6O2.C10H20N2O2/c1-7-8-16-37-24-25(34-27(37)36-15-11-12-20(17-36)32-28(40)42-30(3,4)5)35(6)29(41)38(26(24)39)18-23-31-19(2)21-13-9-10-14-22(21)33-23;1-4-5-13-32-21-22(29-24(32)31-12-8-9-17(26)14-31)30(3)25(35)33(23(21)34)15-20-27-16(2)18-10-6-7-11-19(18)28-20;1-4-5-10-26-16-17(24-19(26)21)25(3)20(29)27(18(16)28)11-15-22-12(2)13-8-6-7-9-14(13)23-15;1-10(2,3)14-9(13)12-8-5-4-6-11-7-8/h9-10,13-14,20H,11-12,15-18H2,1-6H3,(H,32,40);6-7,10-11,17H,8-9,12-15,26H2,1-3H3;6-9H,10-11H2,1-3H3;8,11H,4-7H2,1-3H3,(H,12,13)/t20-;17-;;8-/m11.1/s1. The van der Waals surface area contributed by atoms with Crippen LogP contribution in [0.1, 0.15) is 135 Å². The maximum Gasteiger partial charge on any atom is 0.407 e. The van der Waals surface area contributed by atoms with Gasteiger partial charge in [-0.3, -0.25) is 50.9 Å². The molecule has 3 aliphatic rings. The number of aromatic nitrogens is 18. The Bertz CT molecular complexity index is 6530. The van der Waals surface area contributed by atoms with Gasteiger partial charge in [0.1, 0.15) is 28.7 Å². The lowest BCUT2D eigenvalue weighted by atomic mass is 10.1. The molecule has 3 fully saturated rings. The Morgan fingerprint density at radius 2 is 0.842 bits per heavy atom. The average molecular weight is 1700 g/mol. The molecule has 3 atom stereocenters. The summed E-state index contributed by atoms with van der Waals surface area (Å²) in [5.41, 5.74) is 8.83. The summed E-state index contributed by atoms with van der Waals surface area (Å²) in [5.74, 6) is 19.9. The summed E-state index contributed by atoms with van der Waals surface area (Å²) in [6.45, 7) is 27.0. The molecule has 0 saturated carbocycles. The highest BCUT2D eigenvalue weighted by atomic mass is 79.9. The number of carbonyl (C=O) groups is 2. The fourth-order valence-electron chi connectivity index (χ4n) is 14.8. The number of alkyl carbamates (subject to hydrolysis) is 2. The van der Waals surface area contributed by atoms with Crippen LogP contribution in [0.5, 0.6) is 0 Å². The Morgan fingerprint density at radius 3 is 1.23 bits per heavy atom. The number of anilines is 2. The van der Waals surface area contributed by atoms with Crippen LogP contribution < -0.4 is 65.2 Å². The molecule has 0 radical (unpaired) electrons. The molecule has 0 bridgehead atoms. The van der Waals surface area contributed by atoms with Gasteiger partial charge in [0.15, 0.2) is 38.2 Å². The highest BCUT2D eigenvalue weighted by Crippen LogP contribution is 2.27. The van der Waals surface area contributed by atoms with Crippen LogP contribution in [-0.2, 0) is 69.9 Å². The Morgan fingerprint density at radius 1 is 0.483 bits per heavy atom. The first kappa shape index (κ1) is 86.7. The van der Waals surface area contributed by atoms with Gasteiger partial charge in [0.2, 0.25) is 11.9 Å². The predicted molar refractivity (Wildman–Crippen MR) is 465 cm³/mol. The summed E-state index contributed by atoms with van der Waals surface area (Å²) in [6.07, 6.45) is 4.81. The number of hydrogen-bond acceptors (Lipinski definition) is 23. The van der Waals surface area contributed by atoms with Gasteiger partial charge in [0.05, 0.1) is 55.8 Å². The van der Waals surface area contributed by atoms with E-state index in [-0.39, 0.29) is 74.7 Å². The minimum atomic E-state index is -0.605. The second kappa shape index (κ2) is 37.1. The summed E-state index contributed by atoms with van der Waals surface area (Å²) in [6, 6.07) is 23.0. The smallest absolute Gasteiger partial charge is 0.407 e. The largest absolute Gasteiger partial charge is 0.444 e. The Kier molecular flexibility index (Phi) is 26.8. The van der Waals surface area contributed by atoms with Gasteiger partial charge in [0, 0.05) is 105 Å². The topological polar surface area (TPSA) is 384 Å². The number of carbonyl (C=O) groups excluding carboxylic acids is 2. The molecule has 0 spiro atoms. The minimum absolute atomic E-state index is 0.0306. The van der Waals surface area contributed by atoms with Crippen LogP contribution in [0.25, 0.3) is 66.2 Å². The second-order valence-corrected chi connectivity index (χ2v) is 32.4. The van der Waals surface area contributed by atoms with Gasteiger partial charge < -0.3 is 45.5 Å². The van der Waals surface area contributed by atoms with Gasteiger partial charge in [-0.2, -0.15) is 9.97 Å². The lowest BCUT2D eigenvalue weighted by Gasteiger charge is -2.34. The Hall–Kier alpha value is -12.7. The van der Waals surface area contributed by atoms with Gasteiger partial charge in [-0.05, 0) is 162 Å². The molecule has 9 aromatic heterocycles. The lowest BCUT2D eigenvalue weighted by molar-refractivity contribution is 0.0486. The monoisotopic (exact) mass is 1700 g/mol. The molecular weight excluding hydrogens is 1600 g/mol. The second-order valence-electron chi connectivity index (χ2n) is 31.7. The number of piperidine rings is 3. The first-order valence-corrected chi connectivity index (χ1v) is 40.6. The zero-order valence-corrected chi connectivity index (χ0v) is 72.0. The maximum absolute atomic E-state index is 14.0. The number of nitrogens with one attached hydrogen (secondary N) is 3. The van der Waals surface area contributed by atoms with Gasteiger partial charge >= 0.3 is 29.3 Å². The number of benzene rings is 3. The highest BCUT2D eigenvalue weighted by Gasteiger charge is 2.32. The van der Waals surface area contributed by atoms with Gasteiger partial charge in [-0.15, -0.1) is 17.8 Å². The summed E-state index contributed by atoms with van der Waals surface area (Å²) in [5, 5.41) is 11.8. The molecule has 0 aliphatic carbocycles. The van der Waals surface area contributed by atoms with Crippen molar-refractivity contribution < 1.29 is 19.1 Å². The minimum Gasteiger partial charge on any atom is -0.444 e. The van der Waals surface area contributed by atoms with Crippen molar-refractivity contribution in [2.24, 2.45) is 26.9 Å². The van der Waals surface area contributed by atoms with Crippen molar-refractivity contribution in [2.45, 2.75) is 190 Å². The van der Waals surface area contributed by atoms with Crippen LogP contribution in [0, 0.1) is 56.3 Å². The number of amides is 2. The first-order chi connectivity index (χ1) is 57.2. The Labute approximate surface area is 699 Å². The molecule has 34 nitrogen and oxygen atoms in total. The quantitative estimate of drug-likeness (QED) is 0.0660. The van der Waals surface area contributed by atoms with E-state index in [9.17, 15) is 38.4 Å².